The highest BCUT2D eigenvalue weighted by Gasteiger charge is 2.04. The van der Waals surface area contributed by atoms with Gasteiger partial charge in [-0.2, -0.15) is 0 Å². The lowest BCUT2D eigenvalue weighted by Crippen LogP contribution is -2.14. The molecule has 12 heavy (non-hydrogen) atoms. The van der Waals surface area contributed by atoms with Crippen molar-refractivity contribution in [3.8, 4) is 0 Å². The van der Waals surface area contributed by atoms with Gasteiger partial charge in [-0.3, -0.25) is 0 Å². The van der Waals surface area contributed by atoms with Crippen LogP contribution < -0.4 is 0 Å². The summed E-state index contributed by atoms with van der Waals surface area (Å²) in [6.07, 6.45) is 4.89. The average Bonchev–Trinajstić information content (AvgIpc) is 2.11. The van der Waals surface area contributed by atoms with Crippen LogP contribution in [0, 0.1) is 0 Å². The number of unbranched alkanes of at least 4 members (excludes halogenated alkanes) is 1. The number of ether oxygens (including phenoxy) is 2. The van der Waals surface area contributed by atoms with Crippen LogP contribution in [0.3, 0.4) is 0 Å². The molecular weight excluding hydrogens is 152 g/mol. The van der Waals surface area contributed by atoms with Gasteiger partial charge in [0.2, 0.25) is 0 Å². The van der Waals surface area contributed by atoms with Gasteiger partial charge in [0.1, 0.15) is 0 Å². The van der Waals surface area contributed by atoms with E-state index in [0.29, 0.717) is 6.10 Å². The van der Waals surface area contributed by atoms with Crippen molar-refractivity contribution in [2.45, 2.75) is 45.6 Å². The summed E-state index contributed by atoms with van der Waals surface area (Å²) in [5.74, 6) is 0. The molecule has 0 aromatic rings. The van der Waals surface area contributed by atoms with Crippen molar-refractivity contribution in [2.24, 2.45) is 0 Å². The molecule has 0 aliphatic rings. The molecule has 2 nitrogen and oxygen atoms in total. The standard InChI is InChI=1S/C10H22O2/c1-4-6-8-12-10(5-2)7-9-11-3/h10H,4-9H2,1-3H3. The molecule has 0 spiro atoms. The van der Waals surface area contributed by atoms with Crippen molar-refractivity contribution in [1.29, 1.82) is 0 Å². The van der Waals surface area contributed by atoms with Gasteiger partial charge >= 0.3 is 0 Å². The quantitative estimate of drug-likeness (QED) is 0.527. The SMILES string of the molecule is CCCCOC(CC)CCOC. The van der Waals surface area contributed by atoms with Crippen molar-refractivity contribution >= 4 is 0 Å². The van der Waals surface area contributed by atoms with E-state index in [9.17, 15) is 0 Å². The van der Waals surface area contributed by atoms with Crippen molar-refractivity contribution in [3.05, 3.63) is 0 Å². The van der Waals surface area contributed by atoms with Crippen LogP contribution in [0.25, 0.3) is 0 Å². The van der Waals surface area contributed by atoms with Gasteiger partial charge in [0.05, 0.1) is 6.10 Å². The molecule has 0 saturated carbocycles. The second kappa shape index (κ2) is 9.01. The molecule has 0 saturated heterocycles. The fraction of sp³-hybridized carbons (Fsp3) is 1.00. The van der Waals surface area contributed by atoms with Gasteiger partial charge in [0.15, 0.2) is 0 Å². The summed E-state index contributed by atoms with van der Waals surface area (Å²) >= 11 is 0. The normalized spacial score (nSPS) is 13.2. The Kier molecular flexibility index (Phi) is 8.95. The minimum Gasteiger partial charge on any atom is -0.385 e. The monoisotopic (exact) mass is 174 g/mol. The zero-order valence-electron chi connectivity index (χ0n) is 8.64. The minimum absolute atomic E-state index is 0.400. The van der Waals surface area contributed by atoms with Crippen molar-refractivity contribution < 1.29 is 9.47 Å². The van der Waals surface area contributed by atoms with Crippen LogP contribution in [0.4, 0.5) is 0 Å². The first kappa shape index (κ1) is 11.9. The van der Waals surface area contributed by atoms with Crippen molar-refractivity contribution in [1.82, 2.24) is 0 Å². The summed E-state index contributed by atoms with van der Waals surface area (Å²) in [4.78, 5) is 0. The molecular formula is C10H22O2. The van der Waals surface area contributed by atoms with Crippen LogP contribution in [0.1, 0.15) is 39.5 Å². The van der Waals surface area contributed by atoms with E-state index < -0.39 is 0 Å². The largest absolute Gasteiger partial charge is 0.385 e. The Hall–Kier alpha value is -0.0800. The molecule has 1 atom stereocenters. The lowest BCUT2D eigenvalue weighted by Gasteiger charge is -2.14. The van der Waals surface area contributed by atoms with E-state index in [1.165, 1.54) is 12.8 Å². The molecule has 0 aromatic heterocycles. The maximum atomic E-state index is 5.65. The third-order valence-corrected chi connectivity index (χ3v) is 1.95. The van der Waals surface area contributed by atoms with Gasteiger partial charge in [-0.05, 0) is 19.3 Å². The average molecular weight is 174 g/mol. The number of rotatable bonds is 8. The first-order valence-corrected chi connectivity index (χ1v) is 4.95. The summed E-state index contributed by atoms with van der Waals surface area (Å²) in [7, 11) is 1.73. The third kappa shape index (κ3) is 6.62. The van der Waals surface area contributed by atoms with E-state index in [1.807, 2.05) is 0 Å². The molecule has 0 heterocycles. The molecule has 74 valence electrons. The second-order valence-electron chi connectivity index (χ2n) is 3.04. The molecule has 0 aromatic carbocycles. The van der Waals surface area contributed by atoms with Crippen LogP contribution in [0.5, 0.6) is 0 Å². The summed E-state index contributed by atoms with van der Waals surface area (Å²) in [6, 6.07) is 0. The predicted molar refractivity (Wildman–Crippen MR) is 51.4 cm³/mol. The van der Waals surface area contributed by atoms with E-state index in [-0.39, 0.29) is 0 Å². The topological polar surface area (TPSA) is 18.5 Å². The lowest BCUT2D eigenvalue weighted by molar-refractivity contribution is 0.0258. The zero-order chi connectivity index (χ0) is 9.23. The van der Waals surface area contributed by atoms with Crippen LogP contribution in [-0.2, 0) is 9.47 Å². The first-order valence-electron chi connectivity index (χ1n) is 4.95. The zero-order valence-corrected chi connectivity index (χ0v) is 8.64. The Balaban J connectivity index is 3.26. The van der Waals surface area contributed by atoms with Gasteiger partial charge in [0, 0.05) is 20.3 Å². The van der Waals surface area contributed by atoms with E-state index in [0.717, 1.165) is 26.1 Å². The molecule has 0 amide bonds. The van der Waals surface area contributed by atoms with E-state index in [2.05, 4.69) is 13.8 Å². The lowest BCUT2D eigenvalue weighted by atomic mass is 10.2. The Labute approximate surface area is 76.3 Å². The summed E-state index contributed by atoms with van der Waals surface area (Å²) in [6.45, 7) is 6.05. The van der Waals surface area contributed by atoms with Crippen LogP contribution in [-0.4, -0.2) is 26.4 Å². The highest BCUT2D eigenvalue weighted by Crippen LogP contribution is 2.04. The van der Waals surface area contributed by atoms with Gasteiger partial charge in [-0.25, -0.2) is 0 Å². The first-order chi connectivity index (χ1) is 5.85. The Morgan fingerprint density at radius 1 is 1.17 bits per heavy atom. The molecule has 2 heteroatoms. The Morgan fingerprint density at radius 3 is 2.42 bits per heavy atom. The molecule has 0 radical (unpaired) electrons. The Morgan fingerprint density at radius 2 is 1.92 bits per heavy atom. The Bertz CT molecular complexity index is 83.9. The molecule has 0 rings (SSSR count). The fourth-order valence-corrected chi connectivity index (χ4v) is 1.05. The smallest absolute Gasteiger partial charge is 0.0594 e. The number of hydrogen-bond acceptors (Lipinski definition) is 2. The van der Waals surface area contributed by atoms with Gasteiger partial charge in [-0.1, -0.05) is 20.3 Å². The number of methoxy groups -OCH3 is 1. The molecule has 0 bridgehead atoms. The number of hydrogen-bond donors (Lipinski definition) is 0. The van der Waals surface area contributed by atoms with Crippen LogP contribution in [0.15, 0.2) is 0 Å². The fourth-order valence-electron chi connectivity index (χ4n) is 1.05. The van der Waals surface area contributed by atoms with Gasteiger partial charge < -0.3 is 9.47 Å². The second-order valence-corrected chi connectivity index (χ2v) is 3.04. The van der Waals surface area contributed by atoms with Gasteiger partial charge in [-0.15, -0.1) is 0 Å². The molecule has 0 aliphatic carbocycles. The third-order valence-electron chi connectivity index (χ3n) is 1.95. The predicted octanol–water partition coefficient (Wildman–Crippen LogP) is 2.62. The molecule has 0 aliphatic heterocycles. The highest BCUT2D eigenvalue weighted by molar-refractivity contribution is 4.54. The van der Waals surface area contributed by atoms with Crippen LogP contribution >= 0.6 is 0 Å². The summed E-state index contributed by atoms with van der Waals surface area (Å²) in [5.41, 5.74) is 0. The highest BCUT2D eigenvalue weighted by atomic mass is 16.5. The summed E-state index contributed by atoms with van der Waals surface area (Å²) < 4.78 is 10.7. The summed E-state index contributed by atoms with van der Waals surface area (Å²) in [5, 5.41) is 0. The maximum Gasteiger partial charge on any atom is 0.0594 e. The maximum absolute atomic E-state index is 5.65. The minimum atomic E-state index is 0.400. The van der Waals surface area contributed by atoms with E-state index >= 15 is 0 Å². The van der Waals surface area contributed by atoms with Gasteiger partial charge in [0.25, 0.3) is 0 Å². The van der Waals surface area contributed by atoms with Crippen LogP contribution in [0.2, 0.25) is 0 Å². The molecule has 1 unspecified atom stereocenters. The van der Waals surface area contributed by atoms with Crippen molar-refractivity contribution in [2.75, 3.05) is 20.3 Å². The van der Waals surface area contributed by atoms with Crippen molar-refractivity contribution in [3.63, 3.8) is 0 Å². The molecule has 0 N–H and O–H groups in total. The van der Waals surface area contributed by atoms with E-state index in [4.69, 9.17) is 9.47 Å². The van der Waals surface area contributed by atoms with E-state index in [1.54, 1.807) is 7.11 Å². The molecule has 0 fully saturated rings.